The number of ether oxygens (including phenoxy) is 2. The Labute approximate surface area is 104 Å². The maximum absolute atomic E-state index is 10.8. The molecule has 0 rings (SSSR count). The van der Waals surface area contributed by atoms with Crippen molar-refractivity contribution in [1.82, 2.24) is 0 Å². The number of hydrogen-bond acceptors (Lipinski definition) is 3. The molecule has 0 aromatic carbocycles. The molecule has 98 valence electrons. The molecule has 0 aliphatic carbocycles. The Morgan fingerprint density at radius 3 is 2.12 bits per heavy atom. The lowest BCUT2D eigenvalue weighted by Crippen LogP contribution is -2.26. The van der Waals surface area contributed by atoms with Gasteiger partial charge in [-0.15, -0.1) is 0 Å². The van der Waals surface area contributed by atoms with Crippen molar-refractivity contribution >= 4 is 5.97 Å². The minimum atomic E-state index is -0.283. The Morgan fingerprint density at radius 2 is 1.65 bits per heavy atom. The highest BCUT2D eigenvalue weighted by molar-refractivity contribution is 5.66. The fourth-order valence-electron chi connectivity index (χ4n) is 1.34. The van der Waals surface area contributed by atoms with Crippen LogP contribution >= 0.6 is 0 Å². The Balaban J connectivity index is 4.06. The first-order chi connectivity index (χ1) is 7.82. The third-order valence-corrected chi connectivity index (χ3v) is 2.28. The van der Waals surface area contributed by atoms with E-state index in [1.807, 2.05) is 19.9 Å². The number of allylic oxidation sites excluding steroid dienone is 3. The summed E-state index contributed by atoms with van der Waals surface area (Å²) in [6, 6.07) is 0. The highest BCUT2D eigenvalue weighted by atomic mass is 16.6. The lowest BCUT2D eigenvalue weighted by Gasteiger charge is -2.19. The van der Waals surface area contributed by atoms with Crippen molar-refractivity contribution in [2.45, 2.75) is 53.8 Å². The van der Waals surface area contributed by atoms with E-state index < -0.39 is 0 Å². The van der Waals surface area contributed by atoms with Gasteiger partial charge < -0.3 is 9.47 Å². The van der Waals surface area contributed by atoms with E-state index in [2.05, 4.69) is 26.8 Å². The first-order valence-electron chi connectivity index (χ1n) is 5.97. The average Bonchev–Trinajstić information content (AvgIpc) is 2.14. The lowest BCUT2D eigenvalue weighted by atomic mass is 10.1. The smallest absolute Gasteiger partial charge is 0.303 e. The van der Waals surface area contributed by atoms with Gasteiger partial charge in [0.25, 0.3) is 0 Å². The molecule has 3 nitrogen and oxygen atoms in total. The summed E-state index contributed by atoms with van der Waals surface area (Å²) in [4.78, 5) is 10.8. The molecule has 0 radical (unpaired) electrons. The van der Waals surface area contributed by atoms with Crippen LogP contribution < -0.4 is 0 Å². The zero-order chi connectivity index (χ0) is 13.4. The SMILES string of the molecule is CC(=O)O[C@H](C)[C@@H](C)O/C=C/[C@H](C)C=C(C)C. The van der Waals surface area contributed by atoms with Gasteiger partial charge in [0, 0.05) is 6.92 Å². The van der Waals surface area contributed by atoms with Gasteiger partial charge in [0.2, 0.25) is 0 Å². The lowest BCUT2D eigenvalue weighted by molar-refractivity contribution is -0.150. The van der Waals surface area contributed by atoms with Crippen molar-refractivity contribution in [2.75, 3.05) is 0 Å². The number of esters is 1. The molecule has 0 aromatic heterocycles. The van der Waals surface area contributed by atoms with E-state index in [1.165, 1.54) is 12.5 Å². The minimum Gasteiger partial charge on any atom is -0.495 e. The second-order valence-electron chi connectivity index (χ2n) is 4.59. The molecule has 3 heteroatoms. The summed E-state index contributed by atoms with van der Waals surface area (Å²) in [5.41, 5.74) is 1.28. The van der Waals surface area contributed by atoms with E-state index in [0.29, 0.717) is 5.92 Å². The molecule has 0 aliphatic rings. The van der Waals surface area contributed by atoms with Gasteiger partial charge in [0.1, 0.15) is 12.2 Å². The van der Waals surface area contributed by atoms with E-state index in [-0.39, 0.29) is 18.2 Å². The van der Waals surface area contributed by atoms with Gasteiger partial charge in [-0.05, 0) is 39.7 Å². The molecule has 0 aromatic rings. The van der Waals surface area contributed by atoms with E-state index in [1.54, 1.807) is 6.26 Å². The predicted octanol–water partition coefficient (Wildman–Crippen LogP) is 3.46. The Kier molecular flexibility index (Phi) is 7.35. The van der Waals surface area contributed by atoms with Crippen molar-refractivity contribution in [2.24, 2.45) is 5.92 Å². The topological polar surface area (TPSA) is 35.5 Å². The molecule has 0 fully saturated rings. The zero-order valence-electron chi connectivity index (χ0n) is 11.7. The van der Waals surface area contributed by atoms with Crippen LogP contribution in [-0.4, -0.2) is 18.2 Å². The fraction of sp³-hybridized carbons (Fsp3) is 0.643. The molecule has 0 aliphatic heterocycles. The van der Waals surface area contributed by atoms with E-state index in [4.69, 9.17) is 9.47 Å². The summed E-state index contributed by atoms with van der Waals surface area (Å²) in [5.74, 6) is 0.0612. The highest BCUT2D eigenvalue weighted by Crippen LogP contribution is 2.07. The third kappa shape index (κ3) is 8.55. The molecule has 0 spiro atoms. The van der Waals surface area contributed by atoms with Crippen LogP contribution in [0.2, 0.25) is 0 Å². The van der Waals surface area contributed by atoms with Crippen molar-refractivity contribution in [3.05, 3.63) is 24.0 Å². The van der Waals surface area contributed by atoms with Gasteiger partial charge in [0.05, 0.1) is 6.26 Å². The van der Waals surface area contributed by atoms with Crippen LogP contribution in [0.4, 0.5) is 0 Å². The zero-order valence-corrected chi connectivity index (χ0v) is 11.7. The Morgan fingerprint density at radius 1 is 1.06 bits per heavy atom. The Bertz CT molecular complexity index is 288. The Hall–Kier alpha value is -1.25. The molecule has 0 heterocycles. The molecule has 0 amide bonds. The normalized spacial score (nSPS) is 16.1. The summed E-state index contributed by atoms with van der Waals surface area (Å²) in [6.45, 7) is 11.3. The number of hydrogen-bond donors (Lipinski definition) is 0. The van der Waals surface area contributed by atoms with E-state index >= 15 is 0 Å². The third-order valence-electron chi connectivity index (χ3n) is 2.28. The number of carbonyl (C=O) groups excluding carboxylic acids is 1. The number of rotatable bonds is 6. The van der Waals surface area contributed by atoms with Crippen LogP contribution in [0.5, 0.6) is 0 Å². The van der Waals surface area contributed by atoms with Gasteiger partial charge in [-0.2, -0.15) is 0 Å². The van der Waals surface area contributed by atoms with E-state index in [9.17, 15) is 4.79 Å². The summed E-state index contributed by atoms with van der Waals surface area (Å²) in [7, 11) is 0. The van der Waals surface area contributed by atoms with E-state index in [0.717, 1.165) is 0 Å². The van der Waals surface area contributed by atoms with Gasteiger partial charge in [-0.1, -0.05) is 18.6 Å². The molecular formula is C14H24O3. The summed E-state index contributed by atoms with van der Waals surface area (Å²) >= 11 is 0. The van der Waals surface area contributed by atoms with Gasteiger partial charge in [-0.3, -0.25) is 4.79 Å². The molecule has 3 atom stereocenters. The van der Waals surface area contributed by atoms with Crippen LogP contribution in [0.1, 0.15) is 41.5 Å². The van der Waals surface area contributed by atoms with Crippen LogP contribution in [0, 0.1) is 5.92 Å². The molecule has 0 bridgehead atoms. The second-order valence-corrected chi connectivity index (χ2v) is 4.59. The molecule has 0 saturated carbocycles. The molecule has 17 heavy (non-hydrogen) atoms. The first-order valence-corrected chi connectivity index (χ1v) is 5.97. The van der Waals surface area contributed by atoms with Crippen LogP contribution in [0.15, 0.2) is 24.0 Å². The molecule has 0 N–H and O–H groups in total. The highest BCUT2D eigenvalue weighted by Gasteiger charge is 2.14. The fourth-order valence-corrected chi connectivity index (χ4v) is 1.34. The van der Waals surface area contributed by atoms with Crippen LogP contribution in [0.25, 0.3) is 0 Å². The van der Waals surface area contributed by atoms with Crippen molar-refractivity contribution in [3.8, 4) is 0 Å². The monoisotopic (exact) mass is 240 g/mol. The van der Waals surface area contributed by atoms with Gasteiger partial charge in [-0.25, -0.2) is 0 Å². The summed E-state index contributed by atoms with van der Waals surface area (Å²) < 4.78 is 10.5. The van der Waals surface area contributed by atoms with Crippen molar-refractivity contribution in [1.29, 1.82) is 0 Å². The average molecular weight is 240 g/mol. The minimum absolute atomic E-state index is 0.144. The predicted molar refractivity (Wildman–Crippen MR) is 69.5 cm³/mol. The second kappa shape index (κ2) is 7.93. The molecular weight excluding hydrogens is 216 g/mol. The first kappa shape index (κ1) is 15.8. The summed E-state index contributed by atoms with van der Waals surface area (Å²) in [5, 5.41) is 0. The largest absolute Gasteiger partial charge is 0.495 e. The van der Waals surface area contributed by atoms with Gasteiger partial charge >= 0.3 is 5.97 Å². The molecule has 0 unspecified atom stereocenters. The van der Waals surface area contributed by atoms with Crippen molar-refractivity contribution in [3.63, 3.8) is 0 Å². The standard InChI is InChI=1S/C14H24O3/c1-10(2)9-11(3)7-8-16-12(4)13(5)17-14(6)15/h7-9,11-13H,1-6H3/b8-7+/t11-,12+,13+/m0/s1. The van der Waals surface area contributed by atoms with Crippen LogP contribution in [-0.2, 0) is 14.3 Å². The maximum Gasteiger partial charge on any atom is 0.303 e. The number of carbonyl (C=O) groups is 1. The quantitative estimate of drug-likeness (QED) is 0.405. The van der Waals surface area contributed by atoms with Gasteiger partial charge in [0.15, 0.2) is 0 Å². The molecule has 0 saturated heterocycles. The van der Waals surface area contributed by atoms with Crippen molar-refractivity contribution < 1.29 is 14.3 Å². The maximum atomic E-state index is 10.8. The van der Waals surface area contributed by atoms with Crippen LogP contribution in [0.3, 0.4) is 0 Å². The summed E-state index contributed by atoms with van der Waals surface area (Å²) in [6.07, 6.45) is 5.42.